The van der Waals surface area contributed by atoms with Crippen molar-refractivity contribution in [2.75, 3.05) is 6.26 Å². The normalized spacial score (nSPS) is 13.1. The van der Waals surface area contributed by atoms with Gasteiger partial charge in [0.2, 0.25) is 10.0 Å². The summed E-state index contributed by atoms with van der Waals surface area (Å²) in [5.41, 5.74) is 0.799. The van der Waals surface area contributed by atoms with Crippen LogP contribution in [0.4, 0.5) is 0 Å². The molecule has 0 fully saturated rings. The minimum atomic E-state index is -3.46. The largest absolute Gasteiger partial charge is 0.295 e. The number of nitrogens with one attached hydrogen (secondary N) is 1. The molecule has 0 aromatic heterocycles. The van der Waals surface area contributed by atoms with Crippen LogP contribution < -0.4 is 4.72 Å². The van der Waals surface area contributed by atoms with Crippen LogP contribution in [0.2, 0.25) is 5.02 Å². The van der Waals surface area contributed by atoms with Crippen molar-refractivity contribution in [3.8, 4) is 0 Å². The predicted octanol–water partition coefficient (Wildman–Crippen LogP) is 2.08. The molecule has 0 heterocycles. The fourth-order valence-corrected chi connectivity index (χ4v) is 2.25. The van der Waals surface area contributed by atoms with E-state index in [9.17, 15) is 13.2 Å². The molecule has 18 heavy (non-hydrogen) atoms. The Hall–Kier alpha value is -1.17. The van der Waals surface area contributed by atoms with Crippen molar-refractivity contribution >= 4 is 27.4 Å². The van der Waals surface area contributed by atoms with Crippen molar-refractivity contribution in [1.29, 1.82) is 0 Å². The molecule has 0 amide bonds. The van der Waals surface area contributed by atoms with Crippen LogP contribution in [0.25, 0.3) is 0 Å². The number of Topliss-reactive ketones (excluding diaryl/α,β-unsaturated/α-hetero) is 1. The van der Waals surface area contributed by atoms with Crippen molar-refractivity contribution < 1.29 is 13.2 Å². The summed E-state index contributed by atoms with van der Waals surface area (Å²) in [5, 5.41) is 0.533. The van der Waals surface area contributed by atoms with Gasteiger partial charge in [-0.15, -0.1) is 0 Å². The standard InChI is InChI=1S/C12H14ClNO3S/c1-8(9(2)15)12(14-18(3,16)17)10-4-6-11(13)7-5-10/h4-7,12,14H,1H2,2-3H3/t12-/m1/s1. The molecule has 1 rings (SSSR count). The molecule has 0 radical (unpaired) electrons. The van der Waals surface area contributed by atoms with Crippen LogP contribution in [0.3, 0.4) is 0 Å². The SMILES string of the molecule is C=C(C(C)=O)[C@@H](NS(C)(=O)=O)c1ccc(Cl)cc1. The maximum atomic E-state index is 11.4. The topological polar surface area (TPSA) is 63.2 Å². The van der Waals surface area contributed by atoms with Crippen molar-refractivity contribution in [1.82, 2.24) is 4.72 Å². The number of carbonyl (C=O) groups excluding carboxylic acids is 1. The quantitative estimate of drug-likeness (QED) is 0.843. The van der Waals surface area contributed by atoms with E-state index in [0.717, 1.165) is 6.26 Å². The van der Waals surface area contributed by atoms with Gasteiger partial charge in [-0.3, -0.25) is 4.79 Å². The summed E-state index contributed by atoms with van der Waals surface area (Å²) >= 11 is 5.76. The van der Waals surface area contributed by atoms with Gasteiger partial charge in [0.25, 0.3) is 0 Å². The van der Waals surface area contributed by atoms with Gasteiger partial charge >= 0.3 is 0 Å². The summed E-state index contributed by atoms with van der Waals surface area (Å²) in [5.74, 6) is -0.272. The Kier molecular flexibility index (Phi) is 4.67. The molecular formula is C12H14ClNO3S. The van der Waals surface area contributed by atoms with E-state index in [1.165, 1.54) is 6.92 Å². The molecule has 0 unspecified atom stereocenters. The van der Waals surface area contributed by atoms with Gasteiger partial charge < -0.3 is 0 Å². The van der Waals surface area contributed by atoms with E-state index in [2.05, 4.69) is 11.3 Å². The second-order valence-electron chi connectivity index (χ2n) is 3.96. The molecule has 6 heteroatoms. The third-order valence-corrected chi connectivity index (χ3v) is 3.25. The molecule has 0 aliphatic carbocycles. The molecule has 1 N–H and O–H groups in total. The van der Waals surface area contributed by atoms with Gasteiger partial charge in [0.15, 0.2) is 5.78 Å². The molecule has 0 aliphatic heterocycles. The van der Waals surface area contributed by atoms with Crippen LogP contribution in [0.15, 0.2) is 36.4 Å². The molecule has 1 aromatic rings. The van der Waals surface area contributed by atoms with E-state index in [-0.39, 0.29) is 11.4 Å². The molecule has 0 spiro atoms. The molecule has 0 saturated carbocycles. The first kappa shape index (κ1) is 14.9. The number of halogens is 1. The molecule has 1 atom stereocenters. The highest BCUT2D eigenvalue weighted by molar-refractivity contribution is 7.88. The summed E-state index contributed by atoms with van der Waals surface area (Å²) in [4.78, 5) is 11.4. The highest BCUT2D eigenvalue weighted by Gasteiger charge is 2.21. The molecule has 0 saturated heterocycles. The number of hydrogen-bond acceptors (Lipinski definition) is 3. The van der Waals surface area contributed by atoms with E-state index >= 15 is 0 Å². The van der Waals surface area contributed by atoms with E-state index in [0.29, 0.717) is 10.6 Å². The van der Waals surface area contributed by atoms with Crippen LogP contribution in [0.5, 0.6) is 0 Å². The van der Waals surface area contributed by atoms with Crippen LogP contribution in [0.1, 0.15) is 18.5 Å². The molecule has 4 nitrogen and oxygen atoms in total. The number of carbonyl (C=O) groups is 1. The molecule has 0 bridgehead atoms. The summed E-state index contributed by atoms with van der Waals surface area (Å²) in [6, 6.07) is 5.79. The monoisotopic (exact) mass is 287 g/mol. The van der Waals surface area contributed by atoms with Crippen LogP contribution in [0, 0.1) is 0 Å². The summed E-state index contributed by atoms with van der Waals surface area (Å²) in [6.45, 7) is 4.97. The lowest BCUT2D eigenvalue weighted by Crippen LogP contribution is -2.30. The van der Waals surface area contributed by atoms with Gasteiger partial charge in [-0.1, -0.05) is 30.3 Å². The first-order chi connectivity index (χ1) is 8.20. The van der Waals surface area contributed by atoms with Gasteiger partial charge in [-0.2, -0.15) is 0 Å². The fourth-order valence-electron chi connectivity index (χ4n) is 1.41. The lowest BCUT2D eigenvalue weighted by molar-refractivity contribution is -0.113. The summed E-state index contributed by atoms with van der Waals surface area (Å²) in [7, 11) is -3.46. The second-order valence-corrected chi connectivity index (χ2v) is 6.17. The lowest BCUT2D eigenvalue weighted by atomic mass is 9.98. The minimum Gasteiger partial charge on any atom is -0.295 e. The molecule has 98 valence electrons. The maximum absolute atomic E-state index is 11.4. The van der Waals surface area contributed by atoms with Crippen molar-refractivity contribution in [2.45, 2.75) is 13.0 Å². The van der Waals surface area contributed by atoms with Crippen LogP contribution >= 0.6 is 11.6 Å². The van der Waals surface area contributed by atoms with Crippen molar-refractivity contribution in [3.05, 3.63) is 47.0 Å². The minimum absolute atomic E-state index is 0.183. The van der Waals surface area contributed by atoms with E-state index in [1.807, 2.05) is 0 Å². The maximum Gasteiger partial charge on any atom is 0.209 e. The summed E-state index contributed by atoms with van der Waals surface area (Å²) < 4.78 is 25.0. The predicted molar refractivity (Wildman–Crippen MR) is 72.0 cm³/mol. The van der Waals surface area contributed by atoms with Gasteiger partial charge in [-0.25, -0.2) is 13.1 Å². The first-order valence-electron chi connectivity index (χ1n) is 5.13. The Balaban J connectivity index is 3.16. The number of rotatable bonds is 5. The number of ketones is 1. The van der Waals surface area contributed by atoms with Crippen molar-refractivity contribution in [3.63, 3.8) is 0 Å². The van der Waals surface area contributed by atoms with Crippen molar-refractivity contribution in [2.24, 2.45) is 0 Å². The van der Waals surface area contributed by atoms with E-state index in [4.69, 9.17) is 11.6 Å². The number of sulfonamides is 1. The van der Waals surface area contributed by atoms with Gasteiger partial charge in [0, 0.05) is 10.6 Å². The molecule has 0 aliphatic rings. The average Bonchev–Trinajstić information content (AvgIpc) is 2.25. The zero-order valence-corrected chi connectivity index (χ0v) is 11.7. The third-order valence-electron chi connectivity index (χ3n) is 2.34. The second kappa shape index (κ2) is 5.65. The Morgan fingerprint density at radius 3 is 2.22 bits per heavy atom. The summed E-state index contributed by atoms with van der Waals surface area (Å²) in [6.07, 6.45) is 1.03. The Morgan fingerprint density at radius 1 is 1.33 bits per heavy atom. The van der Waals surface area contributed by atoms with Gasteiger partial charge in [0.05, 0.1) is 12.3 Å². The number of benzene rings is 1. The fraction of sp³-hybridized carbons (Fsp3) is 0.250. The van der Waals surface area contributed by atoms with Crippen LogP contribution in [-0.4, -0.2) is 20.5 Å². The Bertz CT molecular complexity index is 563. The van der Waals surface area contributed by atoms with E-state index < -0.39 is 16.1 Å². The lowest BCUT2D eigenvalue weighted by Gasteiger charge is -2.18. The first-order valence-corrected chi connectivity index (χ1v) is 7.40. The Morgan fingerprint density at radius 2 is 1.83 bits per heavy atom. The smallest absolute Gasteiger partial charge is 0.209 e. The molecule has 1 aromatic carbocycles. The number of hydrogen-bond donors (Lipinski definition) is 1. The molecular weight excluding hydrogens is 274 g/mol. The highest BCUT2D eigenvalue weighted by Crippen LogP contribution is 2.23. The van der Waals surface area contributed by atoms with E-state index in [1.54, 1.807) is 24.3 Å². The zero-order chi connectivity index (χ0) is 13.9. The highest BCUT2D eigenvalue weighted by atomic mass is 35.5. The van der Waals surface area contributed by atoms with Crippen LogP contribution in [-0.2, 0) is 14.8 Å². The van der Waals surface area contributed by atoms with Gasteiger partial charge in [-0.05, 0) is 24.6 Å². The third kappa shape index (κ3) is 4.25. The Labute approximate surface area is 112 Å². The average molecular weight is 288 g/mol. The van der Waals surface area contributed by atoms with Gasteiger partial charge in [0.1, 0.15) is 0 Å². The zero-order valence-electron chi connectivity index (χ0n) is 10.1.